The Kier molecular flexibility index (Phi) is 6.31. The molecule has 6 nitrogen and oxygen atoms in total. The van der Waals surface area contributed by atoms with Crippen LogP contribution >= 0.6 is 11.8 Å². The van der Waals surface area contributed by atoms with E-state index in [1.807, 2.05) is 4.90 Å². The van der Waals surface area contributed by atoms with Crippen LogP contribution in [-0.4, -0.2) is 43.4 Å². The molecule has 2 aliphatic heterocycles. The number of rotatable bonds is 6. The maximum absolute atomic E-state index is 13.2. The van der Waals surface area contributed by atoms with Crippen molar-refractivity contribution in [1.29, 1.82) is 0 Å². The second kappa shape index (κ2) is 8.54. The number of halogens is 3. The molecule has 3 rings (SSSR count). The first kappa shape index (κ1) is 20.7. The molecule has 4 N–H and O–H groups in total. The van der Waals surface area contributed by atoms with Crippen molar-refractivity contribution in [2.45, 2.75) is 25.1 Å². The predicted molar refractivity (Wildman–Crippen MR) is 103 cm³/mol. The Balaban J connectivity index is 1.87. The number of nitrogens with zero attached hydrogens (tertiary/aromatic N) is 1. The van der Waals surface area contributed by atoms with Gasteiger partial charge >= 0.3 is 6.18 Å². The van der Waals surface area contributed by atoms with Gasteiger partial charge in [-0.1, -0.05) is 0 Å². The first-order valence-electron chi connectivity index (χ1n) is 8.92. The van der Waals surface area contributed by atoms with E-state index < -0.39 is 22.9 Å². The highest BCUT2D eigenvalue weighted by Gasteiger charge is 2.33. The summed E-state index contributed by atoms with van der Waals surface area (Å²) in [6.07, 6.45) is -1.43. The summed E-state index contributed by atoms with van der Waals surface area (Å²) >= 11 is 0.685. The number of nitrogens with two attached hydrogens (primary N) is 1. The zero-order valence-corrected chi connectivity index (χ0v) is 15.8. The average Bonchev–Trinajstić information content (AvgIpc) is 3.21. The molecule has 0 bridgehead atoms. The standard InChI is InChI=1S/C18H21F3N4O2S/c19-18(20,21)12-2-3-14(25-7-4-13(10-25)23-6-1-5-22)11(8-12)9-15-16(26)24-17(27)28-15/h2-3,8-9,13,23H,1,4-7,10,22H2,(H,24,26,27)/b15-9-/t13-/m0/s1. The lowest BCUT2D eigenvalue weighted by atomic mass is 10.1. The summed E-state index contributed by atoms with van der Waals surface area (Å²) in [5.41, 5.74) is 5.57. The van der Waals surface area contributed by atoms with Crippen molar-refractivity contribution in [2.24, 2.45) is 5.73 Å². The van der Waals surface area contributed by atoms with Gasteiger partial charge in [0.15, 0.2) is 0 Å². The van der Waals surface area contributed by atoms with Gasteiger partial charge in [-0.05, 0) is 67.5 Å². The molecular formula is C18H21F3N4O2S. The van der Waals surface area contributed by atoms with E-state index in [4.69, 9.17) is 5.73 Å². The summed E-state index contributed by atoms with van der Waals surface area (Å²) in [6.45, 7) is 2.71. The third-order valence-electron chi connectivity index (χ3n) is 4.63. The fourth-order valence-corrected chi connectivity index (χ4v) is 3.92. The second-order valence-electron chi connectivity index (χ2n) is 6.65. The Labute approximate surface area is 164 Å². The maximum atomic E-state index is 13.2. The quantitative estimate of drug-likeness (QED) is 0.490. The molecule has 1 aromatic rings. The number of alkyl halides is 3. The van der Waals surface area contributed by atoms with E-state index in [0.717, 1.165) is 31.5 Å². The topological polar surface area (TPSA) is 87.5 Å². The number of carbonyl (C=O) groups excluding carboxylic acids is 2. The van der Waals surface area contributed by atoms with Crippen molar-refractivity contribution in [1.82, 2.24) is 10.6 Å². The lowest BCUT2D eigenvalue weighted by Gasteiger charge is -2.22. The van der Waals surface area contributed by atoms with Crippen LogP contribution < -0.4 is 21.3 Å². The highest BCUT2D eigenvalue weighted by Crippen LogP contribution is 2.36. The lowest BCUT2D eigenvalue weighted by molar-refractivity contribution is -0.137. The summed E-state index contributed by atoms with van der Waals surface area (Å²) < 4.78 is 39.5. The fraction of sp³-hybridized carbons (Fsp3) is 0.444. The van der Waals surface area contributed by atoms with Gasteiger partial charge in [0.25, 0.3) is 11.1 Å². The molecular weight excluding hydrogens is 393 g/mol. The van der Waals surface area contributed by atoms with Gasteiger partial charge in [0.2, 0.25) is 0 Å². The first-order valence-corrected chi connectivity index (χ1v) is 9.74. The lowest BCUT2D eigenvalue weighted by Crippen LogP contribution is -2.34. The van der Waals surface area contributed by atoms with Gasteiger partial charge in [-0.2, -0.15) is 13.2 Å². The SMILES string of the molecule is NCCCN[C@H]1CCN(c2ccc(C(F)(F)F)cc2/C=C2\SC(=O)NC2=O)C1. The third-order valence-corrected chi connectivity index (χ3v) is 5.44. The number of carbonyl (C=O) groups is 2. The predicted octanol–water partition coefficient (Wildman–Crippen LogP) is 2.55. The van der Waals surface area contributed by atoms with E-state index in [9.17, 15) is 22.8 Å². The number of imide groups is 1. The number of hydrogen-bond acceptors (Lipinski definition) is 6. The van der Waals surface area contributed by atoms with Crippen molar-refractivity contribution in [2.75, 3.05) is 31.1 Å². The molecule has 2 heterocycles. The summed E-state index contributed by atoms with van der Waals surface area (Å²) in [7, 11) is 0. The number of anilines is 1. The fourth-order valence-electron chi connectivity index (χ4n) is 3.25. The third kappa shape index (κ3) is 4.86. The molecule has 2 fully saturated rings. The van der Waals surface area contributed by atoms with Crippen LogP contribution in [0.25, 0.3) is 6.08 Å². The summed E-state index contributed by atoms with van der Waals surface area (Å²) in [5.74, 6) is -0.596. The van der Waals surface area contributed by atoms with E-state index in [2.05, 4.69) is 10.6 Å². The van der Waals surface area contributed by atoms with E-state index in [1.165, 1.54) is 12.1 Å². The Morgan fingerprint density at radius 2 is 2.14 bits per heavy atom. The number of amides is 2. The van der Waals surface area contributed by atoms with E-state index >= 15 is 0 Å². The molecule has 0 aliphatic carbocycles. The summed E-state index contributed by atoms with van der Waals surface area (Å²) in [6, 6.07) is 3.71. The molecule has 2 amide bonds. The maximum Gasteiger partial charge on any atom is 0.416 e. The van der Waals surface area contributed by atoms with Crippen LogP contribution in [-0.2, 0) is 11.0 Å². The zero-order valence-electron chi connectivity index (χ0n) is 15.0. The van der Waals surface area contributed by atoms with Gasteiger partial charge in [-0.15, -0.1) is 0 Å². The zero-order chi connectivity index (χ0) is 20.3. The summed E-state index contributed by atoms with van der Waals surface area (Å²) in [4.78, 5) is 25.3. The molecule has 0 unspecified atom stereocenters. The number of benzene rings is 1. The highest BCUT2D eigenvalue weighted by atomic mass is 32.2. The van der Waals surface area contributed by atoms with Crippen molar-refractivity contribution in [3.05, 3.63) is 34.2 Å². The highest BCUT2D eigenvalue weighted by molar-refractivity contribution is 8.18. The van der Waals surface area contributed by atoms with Gasteiger partial charge in [0, 0.05) is 24.8 Å². The Morgan fingerprint density at radius 3 is 2.79 bits per heavy atom. The minimum Gasteiger partial charge on any atom is -0.369 e. The average molecular weight is 414 g/mol. The van der Waals surface area contributed by atoms with Crippen LogP contribution in [0.4, 0.5) is 23.7 Å². The van der Waals surface area contributed by atoms with Crippen molar-refractivity contribution in [3.8, 4) is 0 Å². The number of hydrogen-bond donors (Lipinski definition) is 3. The minimum absolute atomic E-state index is 0.0855. The van der Waals surface area contributed by atoms with E-state index in [0.29, 0.717) is 37.1 Å². The van der Waals surface area contributed by atoms with Crippen molar-refractivity contribution in [3.63, 3.8) is 0 Å². The van der Waals surface area contributed by atoms with Crippen LogP contribution in [0.5, 0.6) is 0 Å². The molecule has 28 heavy (non-hydrogen) atoms. The molecule has 0 radical (unpaired) electrons. The van der Waals surface area contributed by atoms with Gasteiger partial charge in [-0.25, -0.2) is 0 Å². The molecule has 0 saturated carbocycles. The first-order chi connectivity index (χ1) is 13.3. The van der Waals surface area contributed by atoms with Gasteiger partial charge < -0.3 is 16.0 Å². The van der Waals surface area contributed by atoms with Crippen LogP contribution in [0.1, 0.15) is 24.0 Å². The Morgan fingerprint density at radius 1 is 1.36 bits per heavy atom. The monoisotopic (exact) mass is 414 g/mol. The molecule has 10 heteroatoms. The largest absolute Gasteiger partial charge is 0.416 e. The molecule has 152 valence electrons. The van der Waals surface area contributed by atoms with E-state index in [1.54, 1.807) is 0 Å². The Bertz CT molecular complexity index is 798. The normalized spacial score (nSPS) is 21.6. The van der Waals surface area contributed by atoms with Crippen molar-refractivity contribution >= 4 is 34.7 Å². The van der Waals surface area contributed by atoms with Crippen LogP contribution in [0.2, 0.25) is 0 Å². The Hall–Kier alpha value is -2.04. The van der Waals surface area contributed by atoms with Crippen LogP contribution in [0, 0.1) is 0 Å². The molecule has 0 aromatic heterocycles. The number of thioether (sulfide) groups is 1. The molecule has 1 atom stereocenters. The molecule has 0 spiro atoms. The number of nitrogens with one attached hydrogen (secondary N) is 2. The van der Waals surface area contributed by atoms with E-state index in [-0.39, 0.29) is 16.5 Å². The van der Waals surface area contributed by atoms with Crippen LogP contribution in [0.15, 0.2) is 23.1 Å². The summed E-state index contributed by atoms with van der Waals surface area (Å²) in [5, 5.41) is 4.98. The van der Waals surface area contributed by atoms with Gasteiger partial charge in [0.1, 0.15) is 0 Å². The van der Waals surface area contributed by atoms with Gasteiger partial charge in [0.05, 0.1) is 10.5 Å². The van der Waals surface area contributed by atoms with Crippen molar-refractivity contribution < 1.29 is 22.8 Å². The van der Waals surface area contributed by atoms with Crippen LogP contribution in [0.3, 0.4) is 0 Å². The van der Waals surface area contributed by atoms with Gasteiger partial charge in [-0.3, -0.25) is 14.9 Å². The minimum atomic E-state index is -4.50. The molecule has 1 aromatic carbocycles. The molecule has 2 aliphatic rings. The smallest absolute Gasteiger partial charge is 0.369 e. The second-order valence-corrected chi connectivity index (χ2v) is 7.67. The molecule has 2 saturated heterocycles.